The molecule has 2 aromatic heterocycles. The van der Waals surface area contributed by atoms with Crippen molar-refractivity contribution in [2.45, 2.75) is 13.5 Å². The molecular formula is C10H13ClN6. The van der Waals surface area contributed by atoms with E-state index in [2.05, 4.69) is 20.4 Å². The minimum Gasteiger partial charge on any atom is -0.394 e. The van der Waals surface area contributed by atoms with Gasteiger partial charge in [0.25, 0.3) is 0 Å². The minimum atomic E-state index is 0.171. The normalized spacial score (nSPS) is 10.5. The summed E-state index contributed by atoms with van der Waals surface area (Å²) in [5.41, 5.74) is 8.25. The zero-order valence-electron chi connectivity index (χ0n) is 9.61. The van der Waals surface area contributed by atoms with Crippen molar-refractivity contribution >= 4 is 23.1 Å². The Kier molecular flexibility index (Phi) is 3.14. The highest BCUT2D eigenvalue weighted by Crippen LogP contribution is 2.17. The molecule has 0 aliphatic heterocycles. The number of nitrogen functional groups attached to an aromatic ring is 1. The highest BCUT2D eigenvalue weighted by atomic mass is 35.5. The molecule has 90 valence electrons. The summed E-state index contributed by atoms with van der Waals surface area (Å²) in [6, 6.07) is 0. The van der Waals surface area contributed by atoms with E-state index in [0.717, 1.165) is 11.3 Å². The van der Waals surface area contributed by atoms with Gasteiger partial charge in [-0.15, -0.1) is 0 Å². The smallest absolute Gasteiger partial charge is 0.224 e. The van der Waals surface area contributed by atoms with Crippen molar-refractivity contribution in [3.63, 3.8) is 0 Å². The Morgan fingerprint density at radius 2 is 2.29 bits per heavy atom. The van der Waals surface area contributed by atoms with Crippen molar-refractivity contribution in [1.82, 2.24) is 19.7 Å². The molecule has 0 fully saturated rings. The molecule has 2 aromatic rings. The fourth-order valence-corrected chi connectivity index (χ4v) is 1.65. The van der Waals surface area contributed by atoms with Crippen LogP contribution in [0.2, 0.25) is 5.28 Å². The van der Waals surface area contributed by atoms with E-state index < -0.39 is 0 Å². The molecule has 0 saturated carbocycles. The molecule has 0 spiro atoms. The van der Waals surface area contributed by atoms with Crippen LogP contribution in [-0.2, 0) is 13.6 Å². The maximum Gasteiger partial charge on any atom is 0.224 e. The second-order valence-electron chi connectivity index (χ2n) is 3.71. The van der Waals surface area contributed by atoms with Crippen molar-refractivity contribution in [2.75, 3.05) is 11.1 Å². The van der Waals surface area contributed by atoms with E-state index in [-0.39, 0.29) is 5.28 Å². The molecule has 2 rings (SSSR count). The molecule has 6 nitrogen and oxygen atoms in total. The van der Waals surface area contributed by atoms with E-state index in [1.165, 1.54) is 6.20 Å². The van der Waals surface area contributed by atoms with Gasteiger partial charge < -0.3 is 11.1 Å². The van der Waals surface area contributed by atoms with Gasteiger partial charge in [-0.3, -0.25) is 4.68 Å². The van der Waals surface area contributed by atoms with E-state index in [4.69, 9.17) is 17.3 Å². The summed E-state index contributed by atoms with van der Waals surface area (Å²) >= 11 is 5.70. The molecule has 3 N–H and O–H groups in total. The number of rotatable bonds is 3. The summed E-state index contributed by atoms with van der Waals surface area (Å²) in [6.07, 6.45) is 3.43. The van der Waals surface area contributed by atoms with Gasteiger partial charge in [0, 0.05) is 25.4 Å². The fraction of sp³-hybridized carbons (Fsp3) is 0.300. The van der Waals surface area contributed by atoms with Crippen LogP contribution in [-0.4, -0.2) is 19.7 Å². The molecule has 0 aliphatic carbocycles. The predicted molar refractivity (Wildman–Crippen MR) is 66.7 cm³/mol. The van der Waals surface area contributed by atoms with Gasteiger partial charge >= 0.3 is 0 Å². The molecule has 0 atom stereocenters. The number of aromatic nitrogens is 4. The van der Waals surface area contributed by atoms with Gasteiger partial charge in [-0.25, -0.2) is 4.98 Å². The van der Waals surface area contributed by atoms with E-state index in [0.29, 0.717) is 18.1 Å². The number of halogens is 1. The Bertz CT molecular complexity index is 536. The quantitative estimate of drug-likeness (QED) is 0.807. The van der Waals surface area contributed by atoms with Crippen LogP contribution < -0.4 is 11.1 Å². The summed E-state index contributed by atoms with van der Waals surface area (Å²) < 4.78 is 1.77. The number of anilines is 2. The maximum atomic E-state index is 5.73. The standard InChI is InChI=1S/C10H13ClN6/c1-6-7(5-17(2)16-6)3-13-9-8(12)4-14-10(11)15-9/h4-5H,3,12H2,1-2H3,(H,13,14,15). The molecule has 0 aromatic carbocycles. The maximum absolute atomic E-state index is 5.73. The van der Waals surface area contributed by atoms with Crippen molar-refractivity contribution in [1.29, 1.82) is 0 Å². The van der Waals surface area contributed by atoms with Crippen LogP contribution in [0.15, 0.2) is 12.4 Å². The number of aryl methyl sites for hydroxylation is 2. The summed E-state index contributed by atoms with van der Waals surface area (Å²) in [5, 5.41) is 7.53. The first kappa shape index (κ1) is 11.7. The first-order valence-corrected chi connectivity index (χ1v) is 5.45. The molecule has 0 radical (unpaired) electrons. The van der Waals surface area contributed by atoms with Gasteiger partial charge in [-0.2, -0.15) is 10.1 Å². The van der Waals surface area contributed by atoms with E-state index >= 15 is 0 Å². The van der Waals surface area contributed by atoms with Crippen LogP contribution in [0.5, 0.6) is 0 Å². The third kappa shape index (κ3) is 2.65. The number of hydrogen-bond acceptors (Lipinski definition) is 5. The Labute approximate surface area is 104 Å². The van der Waals surface area contributed by atoms with Crippen LogP contribution in [0.3, 0.4) is 0 Å². The van der Waals surface area contributed by atoms with Gasteiger partial charge in [0.15, 0.2) is 5.82 Å². The van der Waals surface area contributed by atoms with Crippen LogP contribution in [0, 0.1) is 6.92 Å². The zero-order valence-corrected chi connectivity index (χ0v) is 10.4. The number of nitrogens with zero attached hydrogens (tertiary/aromatic N) is 4. The Morgan fingerprint density at radius 1 is 1.53 bits per heavy atom. The van der Waals surface area contributed by atoms with Crippen molar-refractivity contribution in [3.8, 4) is 0 Å². The first-order chi connectivity index (χ1) is 8.06. The lowest BCUT2D eigenvalue weighted by Gasteiger charge is -2.07. The molecule has 2 heterocycles. The third-order valence-electron chi connectivity index (χ3n) is 2.35. The molecule has 0 bridgehead atoms. The second-order valence-corrected chi connectivity index (χ2v) is 4.05. The number of nitrogens with two attached hydrogens (primary N) is 1. The van der Waals surface area contributed by atoms with Gasteiger partial charge in [-0.1, -0.05) is 0 Å². The minimum absolute atomic E-state index is 0.171. The van der Waals surface area contributed by atoms with Gasteiger partial charge in [-0.05, 0) is 18.5 Å². The Balaban J connectivity index is 2.12. The number of hydrogen-bond donors (Lipinski definition) is 2. The topological polar surface area (TPSA) is 81.7 Å². The van der Waals surface area contributed by atoms with Crippen molar-refractivity contribution in [2.24, 2.45) is 7.05 Å². The second kappa shape index (κ2) is 4.58. The Morgan fingerprint density at radius 3 is 2.94 bits per heavy atom. The van der Waals surface area contributed by atoms with E-state index in [1.807, 2.05) is 20.2 Å². The van der Waals surface area contributed by atoms with Crippen LogP contribution >= 0.6 is 11.6 Å². The Hall–Kier alpha value is -1.82. The third-order valence-corrected chi connectivity index (χ3v) is 2.53. The lowest BCUT2D eigenvalue weighted by Crippen LogP contribution is -2.05. The van der Waals surface area contributed by atoms with E-state index in [9.17, 15) is 0 Å². The van der Waals surface area contributed by atoms with Crippen LogP contribution in [0.25, 0.3) is 0 Å². The van der Waals surface area contributed by atoms with Crippen LogP contribution in [0.1, 0.15) is 11.3 Å². The fourth-order valence-electron chi connectivity index (χ4n) is 1.51. The summed E-state index contributed by atoms with van der Waals surface area (Å²) in [6.45, 7) is 2.55. The van der Waals surface area contributed by atoms with Gasteiger partial charge in [0.05, 0.1) is 17.6 Å². The summed E-state index contributed by atoms with van der Waals surface area (Å²) in [4.78, 5) is 7.80. The highest BCUT2D eigenvalue weighted by molar-refractivity contribution is 6.28. The van der Waals surface area contributed by atoms with Gasteiger partial charge in [0.1, 0.15) is 0 Å². The molecule has 0 unspecified atom stereocenters. The predicted octanol–water partition coefficient (Wildman–Crippen LogP) is 1.37. The summed E-state index contributed by atoms with van der Waals surface area (Å²) in [7, 11) is 1.88. The molecule has 17 heavy (non-hydrogen) atoms. The van der Waals surface area contributed by atoms with Crippen LogP contribution in [0.4, 0.5) is 11.5 Å². The van der Waals surface area contributed by atoms with Crippen molar-refractivity contribution in [3.05, 3.63) is 28.9 Å². The van der Waals surface area contributed by atoms with Crippen molar-refractivity contribution < 1.29 is 0 Å². The van der Waals surface area contributed by atoms with Gasteiger partial charge in [0.2, 0.25) is 5.28 Å². The SMILES string of the molecule is Cc1nn(C)cc1CNc1nc(Cl)ncc1N. The molecular weight excluding hydrogens is 240 g/mol. The first-order valence-electron chi connectivity index (χ1n) is 5.07. The average molecular weight is 253 g/mol. The number of nitrogens with one attached hydrogen (secondary N) is 1. The largest absolute Gasteiger partial charge is 0.394 e. The molecule has 0 saturated heterocycles. The monoisotopic (exact) mass is 252 g/mol. The molecule has 0 aliphatic rings. The average Bonchev–Trinajstić information content (AvgIpc) is 2.59. The lowest BCUT2D eigenvalue weighted by atomic mass is 10.2. The highest BCUT2D eigenvalue weighted by Gasteiger charge is 2.06. The zero-order chi connectivity index (χ0) is 12.4. The summed E-state index contributed by atoms with van der Waals surface area (Å²) in [5.74, 6) is 0.535. The molecule has 7 heteroatoms. The lowest BCUT2D eigenvalue weighted by molar-refractivity contribution is 0.756. The molecule has 0 amide bonds. The van der Waals surface area contributed by atoms with E-state index in [1.54, 1.807) is 4.68 Å².